The number of carbonyl (C=O) groups is 2. The highest BCUT2D eigenvalue weighted by atomic mass is 35.5. The first kappa shape index (κ1) is 25.3. The van der Waals surface area contributed by atoms with Crippen LogP contribution in [0.15, 0.2) is 60.3 Å². The molecule has 10 heteroatoms. The van der Waals surface area contributed by atoms with Crippen molar-refractivity contribution in [3.05, 3.63) is 77.1 Å². The summed E-state index contributed by atoms with van der Waals surface area (Å²) < 4.78 is 7.09. The predicted molar refractivity (Wildman–Crippen MR) is 135 cm³/mol. The molecule has 0 radical (unpaired) electrons. The van der Waals surface area contributed by atoms with E-state index < -0.39 is 6.04 Å². The van der Waals surface area contributed by atoms with E-state index in [1.165, 1.54) is 18.9 Å². The molecular weight excluding hydrogens is 474 g/mol. The molecule has 3 rings (SSSR count). The van der Waals surface area contributed by atoms with Crippen LogP contribution in [0, 0.1) is 6.92 Å². The monoisotopic (exact) mass is 499 g/mol. The van der Waals surface area contributed by atoms with Crippen LogP contribution in [0.5, 0.6) is 5.75 Å². The zero-order valence-electron chi connectivity index (χ0n) is 19.2. The third-order valence-corrected chi connectivity index (χ3v) is 6.08. The molecule has 2 amide bonds. The number of hydrogen-bond donors (Lipinski definition) is 2. The molecule has 0 fully saturated rings. The van der Waals surface area contributed by atoms with Crippen molar-refractivity contribution in [1.29, 1.82) is 0 Å². The molecule has 0 saturated heterocycles. The van der Waals surface area contributed by atoms with Crippen LogP contribution in [0.25, 0.3) is 0 Å². The van der Waals surface area contributed by atoms with Crippen molar-refractivity contribution in [2.24, 2.45) is 0 Å². The normalized spacial score (nSPS) is 11.5. The summed E-state index contributed by atoms with van der Waals surface area (Å²) in [6, 6.07) is 11.9. The van der Waals surface area contributed by atoms with Gasteiger partial charge in [-0.15, -0.1) is 16.8 Å². The number of benzene rings is 2. The highest BCUT2D eigenvalue weighted by molar-refractivity contribution is 7.99. The summed E-state index contributed by atoms with van der Waals surface area (Å²) in [4.78, 5) is 25.2. The Labute approximate surface area is 207 Å². The molecule has 8 nitrogen and oxygen atoms in total. The van der Waals surface area contributed by atoms with E-state index in [4.69, 9.17) is 16.3 Å². The molecule has 1 heterocycles. The van der Waals surface area contributed by atoms with Crippen LogP contribution in [0.3, 0.4) is 0 Å². The maximum atomic E-state index is 12.6. The van der Waals surface area contributed by atoms with Crippen LogP contribution in [0.2, 0.25) is 5.02 Å². The zero-order valence-corrected chi connectivity index (χ0v) is 20.7. The Morgan fingerprint density at radius 2 is 1.97 bits per heavy atom. The average Bonchev–Trinajstić information content (AvgIpc) is 3.21. The number of methoxy groups -OCH3 is 1. The van der Waals surface area contributed by atoms with Gasteiger partial charge in [0.05, 0.1) is 24.6 Å². The third-order valence-electron chi connectivity index (χ3n) is 4.87. The molecule has 0 unspecified atom stereocenters. The lowest BCUT2D eigenvalue weighted by atomic mass is 10.1. The lowest BCUT2D eigenvalue weighted by Gasteiger charge is -2.15. The number of allylic oxidation sites excluding steroid dienone is 1. The minimum atomic E-state index is -0.403. The fourth-order valence-electron chi connectivity index (χ4n) is 3.17. The van der Waals surface area contributed by atoms with Crippen molar-refractivity contribution in [3.63, 3.8) is 0 Å². The molecule has 0 aliphatic heterocycles. The molecule has 0 aliphatic carbocycles. The number of ether oxygens (including phenoxy) is 1. The quantitative estimate of drug-likeness (QED) is 0.311. The van der Waals surface area contributed by atoms with Gasteiger partial charge in [0, 0.05) is 17.1 Å². The van der Waals surface area contributed by atoms with Gasteiger partial charge in [-0.1, -0.05) is 47.1 Å². The first-order valence-electron chi connectivity index (χ1n) is 10.5. The Hall–Kier alpha value is -3.30. The lowest BCUT2D eigenvalue weighted by Crippen LogP contribution is -2.28. The van der Waals surface area contributed by atoms with Gasteiger partial charge in [0.1, 0.15) is 5.75 Å². The highest BCUT2D eigenvalue weighted by Crippen LogP contribution is 2.28. The third kappa shape index (κ3) is 6.39. The summed E-state index contributed by atoms with van der Waals surface area (Å²) >= 11 is 7.26. The van der Waals surface area contributed by atoms with Gasteiger partial charge in [0.25, 0.3) is 5.91 Å². The molecule has 2 aromatic carbocycles. The topological polar surface area (TPSA) is 98.1 Å². The smallest absolute Gasteiger partial charge is 0.251 e. The van der Waals surface area contributed by atoms with Crippen LogP contribution in [-0.4, -0.2) is 39.4 Å². The van der Waals surface area contributed by atoms with E-state index >= 15 is 0 Å². The Bertz CT molecular complexity index is 1180. The van der Waals surface area contributed by atoms with Crippen LogP contribution in [0.1, 0.15) is 34.7 Å². The maximum Gasteiger partial charge on any atom is 0.251 e. The summed E-state index contributed by atoms with van der Waals surface area (Å²) in [5, 5.41) is 15.3. The van der Waals surface area contributed by atoms with E-state index in [-0.39, 0.29) is 17.6 Å². The number of nitrogens with one attached hydrogen (secondary N) is 2. The number of rotatable bonds is 10. The Kier molecular flexibility index (Phi) is 8.72. The molecule has 2 N–H and O–H groups in total. The molecule has 34 heavy (non-hydrogen) atoms. The number of amides is 2. The fraction of sp³-hybridized carbons (Fsp3) is 0.250. The summed E-state index contributed by atoms with van der Waals surface area (Å²) in [6.07, 6.45) is 1.71. The van der Waals surface area contributed by atoms with Crippen molar-refractivity contribution in [3.8, 4) is 5.75 Å². The second-order valence-corrected chi connectivity index (χ2v) is 8.86. The SMILES string of the molecule is C=CCn1c(SCC(=O)Nc2cc(Cl)ccc2OC)nnc1[C@H](C)NC(=O)c1ccc(C)cc1. The largest absolute Gasteiger partial charge is 0.495 e. The number of hydrogen-bond acceptors (Lipinski definition) is 6. The Morgan fingerprint density at radius 1 is 1.24 bits per heavy atom. The molecule has 178 valence electrons. The van der Waals surface area contributed by atoms with Crippen LogP contribution in [-0.2, 0) is 11.3 Å². The summed E-state index contributed by atoms with van der Waals surface area (Å²) in [6.45, 7) is 8.02. The molecule has 0 saturated carbocycles. The fourth-order valence-corrected chi connectivity index (χ4v) is 4.10. The maximum absolute atomic E-state index is 12.6. The molecule has 3 aromatic rings. The first-order valence-corrected chi connectivity index (χ1v) is 11.9. The van der Waals surface area contributed by atoms with Crippen LogP contribution in [0.4, 0.5) is 5.69 Å². The Morgan fingerprint density at radius 3 is 2.65 bits per heavy atom. The molecule has 1 aromatic heterocycles. The number of nitrogens with zero attached hydrogens (tertiary/aromatic N) is 3. The van der Waals surface area contributed by atoms with E-state index in [0.29, 0.717) is 39.5 Å². The average molecular weight is 500 g/mol. The summed E-state index contributed by atoms with van der Waals surface area (Å²) in [5.41, 5.74) is 2.13. The number of aryl methyl sites for hydroxylation is 1. The van der Waals surface area contributed by atoms with Gasteiger partial charge in [-0.25, -0.2) is 0 Å². The van der Waals surface area contributed by atoms with Crippen molar-refractivity contribution in [2.75, 3.05) is 18.2 Å². The number of thioether (sulfide) groups is 1. The van der Waals surface area contributed by atoms with Crippen molar-refractivity contribution >= 4 is 40.9 Å². The molecule has 0 spiro atoms. The molecular formula is C24H26ClN5O3S. The molecule has 0 bridgehead atoms. The van der Waals surface area contributed by atoms with Gasteiger partial charge in [-0.3, -0.25) is 9.59 Å². The van der Waals surface area contributed by atoms with Crippen LogP contribution >= 0.6 is 23.4 Å². The minimum Gasteiger partial charge on any atom is -0.495 e. The number of aromatic nitrogens is 3. The first-order chi connectivity index (χ1) is 16.3. The second kappa shape index (κ2) is 11.7. The Balaban J connectivity index is 1.68. The van der Waals surface area contributed by atoms with Crippen molar-refractivity contribution in [2.45, 2.75) is 31.6 Å². The number of anilines is 1. The number of halogens is 1. The van der Waals surface area contributed by atoms with Crippen molar-refractivity contribution < 1.29 is 14.3 Å². The van der Waals surface area contributed by atoms with E-state index in [0.717, 1.165) is 5.56 Å². The standard InChI is InChI=1S/C24H26ClN5O3S/c1-5-12-30-22(16(3)26-23(32)17-8-6-15(2)7-9-17)28-29-24(30)34-14-21(31)27-19-13-18(25)10-11-20(19)33-4/h5-11,13,16H,1,12,14H2,2-4H3,(H,26,32)(H,27,31)/t16-/m0/s1. The van der Waals surface area contributed by atoms with Gasteiger partial charge in [0.2, 0.25) is 5.91 Å². The van der Waals surface area contributed by atoms with Crippen molar-refractivity contribution in [1.82, 2.24) is 20.1 Å². The predicted octanol–water partition coefficient (Wildman–Crippen LogP) is 4.66. The van der Waals surface area contributed by atoms with Gasteiger partial charge >= 0.3 is 0 Å². The van der Waals surface area contributed by atoms with Crippen LogP contribution < -0.4 is 15.4 Å². The summed E-state index contributed by atoms with van der Waals surface area (Å²) in [7, 11) is 1.52. The second-order valence-electron chi connectivity index (χ2n) is 7.48. The lowest BCUT2D eigenvalue weighted by molar-refractivity contribution is -0.113. The van der Waals surface area contributed by atoms with E-state index in [1.807, 2.05) is 30.5 Å². The minimum absolute atomic E-state index is 0.0923. The molecule has 0 aliphatic rings. The van der Waals surface area contributed by atoms with Gasteiger partial charge in [0.15, 0.2) is 11.0 Å². The van der Waals surface area contributed by atoms with Gasteiger partial charge < -0.3 is 19.9 Å². The number of carbonyl (C=O) groups excluding carboxylic acids is 2. The molecule has 1 atom stereocenters. The van der Waals surface area contributed by atoms with Gasteiger partial charge in [-0.2, -0.15) is 0 Å². The van der Waals surface area contributed by atoms with E-state index in [2.05, 4.69) is 27.4 Å². The van der Waals surface area contributed by atoms with E-state index in [1.54, 1.807) is 36.4 Å². The highest BCUT2D eigenvalue weighted by Gasteiger charge is 2.20. The van der Waals surface area contributed by atoms with Gasteiger partial charge in [-0.05, 0) is 44.2 Å². The summed E-state index contributed by atoms with van der Waals surface area (Å²) in [5.74, 6) is 0.721. The van der Waals surface area contributed by atoms with E-state index in [9.17, 15) is 9.59 Å². The zero-order chi connectivity index (χ0) is 24.7.